The van der Waals surface area contributed by atoms with E-state index >= 15 is 0 Å². The quantitative estimate of drug-likeness (QED) is 0.754. The molecule has 2 heterocycles. The van der Waals surface area contributed by atoms with Crippen molar-refractivity contribution >= 4 is 0 Å². The van der Waals surface area contributed by atoms with Gasteiger partial charge in [0.1, 0.15) is 0 Å². The fourth-order valence-corrected chi connectivity index (χ4v) is 1.71. The van der Waals surface area contributed by atoms with Crippen LogP contribution in [0.2, 0.25) is 0 Å². The Hall–Kier alpha value is -0.940. The van der Waals surface area contributed by atoms with Gasteiger partial charge >= 0.3 is 0 Å². The zero-order valence-electron chi connectivity index (χ0n) is 8.61. The van der Waals surface area contributed by atoms with Gasteiger partial charge < -0.3 is 0 Å². The van der Waals surface area contributed by atoms with E-state index in [1.54, 1.807) is 11.0 Å². The average molecular weight is 195 g/mol. The summed E-state index contributed by atoms with van der Waals surface area (Å²) in [7, 11) is 1.84. The molecule has 0 aliphatic carbocycles. The highest BCUT2D eigenvalue weighted by atomic mass is 15.5. The molecular weight excluding hydrogens is 178 g/mol. The van der Waals surface area contributed by atoms with E-state index in [0.717, 1.165) is 25.3 Å². The largest absolute Gasteiger partial charge is 0.249 e. The van der Waals surface area contributed by atoms with Gasteiger partial charge in [-0.1, -0.05) is 6.42 Å². The van der Waals surface area contributed by atoms with Gasteiger partial charge in [-0.2, -0.15) is 15.0 Å². The molecule has 1 aromatic rings. The molecular formula is C9H17N5. The lowest BCUT2D eigenvalue weighted by Gasteiger charge is -2.26. The number of rotatable bonds is 3. The summed E-state index contributed by atoms with van der Waals surface area (Å²) in [5.41, 5.74) is 4.37. The Kier molecular flexibility index (Phi) is 3.10. The highest BCUT2D eigenvalue weighted by Crippen LogP contribution is 2.06. The van der Waals surface area contributed by atoms with Crippen molar-refractivity contribution in [3.8, 4) is 0 Å². The summed E-state index contributed by atoms with van der Waals surface area (Å²) in [6.45, 7) is 3.09. The molecule has 14 heavy (non-hydrogen) atoms. The summed E-state index contributed by atoms with van der Waals surface area (Å²) in [5, 5.41) is 10.5. The van der Waals surface area contributed by atoms with Gasteiger partial charge in [-0.05, 0) is 12.8 Å². The van der Waals surface area contributed by atoms with E-state index in [1.807, 2.05) is 7.05 Å². The third kappa shape index (κ3) is 2.52. The average Bonchev–Trinajstić information content (AvgIpc) is 2.63. The number of nitrogens with one attached hydrogen (secondary N) is 1. The van der Waals surface area contributed by atoms with E-state index in [9.17, 15) is 0 Å². The lowest BCUT2D eigenvalue weighted by Crippen LogP contribution is -2.41. The van der Waals surface area contributed by atoms with Crippen molar-refractivity contribution in [1.82, 2.24) is 25.4 Å². The molecule has 0 saturated carbocycles. The van der Waals surface area contributed by atoms with Crippen LogP contribution < -0.4 is 5.43 Å². The molecule has 78 valence electrons. The number of hydrogen-bond acceptors (Lipinski definition) is 4. The second kappa shape index (κ2) is 4.52. The third-order valence-electron chi connectivity index (χ3n) is 2.49. The molecule has 0 bridgehead atoms. The van der Waals surface area contributed by atoms with Crippen molar-refractivity contribution in [2.75, 3.05) is 13.1 Å². The SMILES string of the molecule is Cn1ncc(CNN2CCCCC2)n1. The zero-order chi connectivity index (χ0) is 9.80. The first-order chi connectivity index (χ1) is 6.84. The molecule has 1 fully saturated rings. The number of hydrazine groups is 1. The Morgan fingerprint density at radius 3 is 2.79 bits per heavy atom. The highest BCUT2D eigenvalue weighted by Gasteiger charge is 2.09. The molecule has 5 heteroatoms. The van der Waals surface area contributed by atoms with Crippen LogP contribution in [0.4, 0.5) is 0 Å². The van der Waals surface area contributed by atoms with Gasteiger partial charge in [0.15, 0.2) is 0 Å². The molecule has 1 saturated heterocycles. The first-order valence-corrected chi connectivity index (χ1v) is 5.18. The van der Waals surface area contributed by atoms with E-state index in [-0.39, 0.29) is 0 Å². The summed E-state index contributed by atoms with van der Waals surface area (Å²) in [6, 6.07) is 0. The van der Waals surface area contributed by atoms with Gasteiger partial charge in [0.2, 0.25) is 0 Å². The summed E-state index contributed by atoms with van der Waals surface area (Å²) in [4.78, 5) is 1.59. The predicted octanol–water partition coefficient (Wildman–Crippen LogP) is 0.306. The van der Waals surface area contributed by atoms with E-state index in [0.29, 0.717) is 0 Å². The van der Waals surface area contributed by atoms with Crippen molar-refractivity contribution in [1.29, 1.82) is 0 Å². The smallest absolute Gasteiger partial charge is 0.0979 e. The molecule has 0 amide bonds. The normalized spacial score (nSPS) is 18.6. The van der Waals surface area contributed by atoms with Crippen LogP contribution in [-0.2, 0) is 13.6 Å². The van der Waals surface area contributed by atoms with Gasteiger partial charge in [-0.3, -0.25) is 0 Å². The zero-order valence-corrected chi connectivity index (χ0v) is 8.61. The highest BCUT2D eigenvalue weighted by molar-refractivity contribution is 4.89. The fraction of sp³-hybridized carbons (Fsp3) is 0.778. The van der Waals surface area contributed by atoms with Crippen LogP contribution in [0.25, 0.3) is 0 Å². The molecule has 0 atom stereocenters. The Morgan fingerprint density at radius 1 is 1.36 bits per heavy atom. The second-order valence-electron chi connectivity index (χ2n) is 3.71. The minimum absolute atomic E-state index is 0.786. The summed E-state index contributed by atoms with van der Waals surface area (Å²) < 4.78 is 0. The van der Waals surface area contributed by atoms with Gasteiger partial charge in [0.25, 0.3) is 0 Å². The number of aryl methyl sites for hydroxylation is 1. The van der Waals surface area contributed by atoms with Crippen LogP contribution in [0.1, 0.15) is 25.0 Å². The molecule has 1 aliphatic heterocycles. The summed E-state index contributed by atoms with van der Waals surface area (Å²) in [5.74, 6) is 0. The Labute approximate surface area is 84.1 Å². The van der Waals surface area contributed by atoms with E-state index < -0.39 is 0 Å². The Balaban J connectivity index is 1.76. The third-order valence-corrected chi connectivity index (χ3v) is 2.49. The predicted molar refractivity (Wildman–Crippen MR) is 53.3 cm³/mol. The molecule has 0 spiro atoms. The van der Waals surface area contributed by atoms with E-state index in [4.69, 9.17) is 0 Å². The standard InChI is InChI=1S/C9H17N5/c1-13-10-7-9(12-13)8-11-14-5-3-2-4-6-14/h7,11H,2-6,8H2,1H3. The number of piperidine rings is 1. The molecule has 2 rings (SSSR count). The molecule has 0 radical (unpaired) electrons. The fourth-order valence-electron chi connectivity index (χ4n) is 1.71. The molecule has 1 aromatic heterocycles. The molecule has 0 unspecified atom stereocenters. The number of nitrogens with zero attached hydrogens (tertiary/aromatic N) is 4. The van der Waals surface area contributed by atoms with Crippen molar-refractivity contribution in [3.63, 3.8) is 0 Å². The van der Waals surface area contributed by atoms with Crippen LogP contribution in [0.5, 0.6) is 0 Å². The van der Waals surface area contributed by atoms with Crippen LogP contribution in [0.3, 0.4) is 0 Å². The van der Waals surface area contributed by atoms with Crippen molar-refractivity contribution in [3.05, 3.63) is 11.9 Å². The molecule has 5 nitrogen and oxygen atoms in total. The Morgan fingerprint density at radius 2 is 2.14 bits per heavy atom. The maximum absolute atomic E-state index is 4.21. The molecule has 1 aliphatic rings. The Bertz CT molecular complexity index is 276. The lowest BCUT2D eigenvalue weighted by molar-refractivity contribution is 0.150. The first kappa shape index (κ1) is 9.61. The number of aromatic nitrogens is 3. The van der Waals surface area contributed by atoms with Gasteiger partial charge in [-0.25, -0.2) is 10.4 Å². The van der Waals surface area contributed by atoms with Crippen LogP contribution in [-0.4, -0.2) is 33.1 Å². The van der Waals surface area contributed by atoms with Crippen LogP contribution in [0, 0.1) is 0 Å². The topological polar surface area (TPSA) is 46.0 Å². The van der Waals surface area contributed by atoms with Gasteiger partial charge in [0, 0.05) is 20.1 Å². The summed E-state index contributed by atoms with van der Waals surface area (Å²) >= 11 is 0. The molecule has 0 aromatic carbocycles. The minimum atomic E-state index is 0.786. The van der Waals surface area contributed by atoms with Crippen molar-refractivity contribution < 1.29 is 0 Å². The van der Waals surface area contributed by atoms with E-state index in [2.05, 4.69) is 20.6 Å². The maximum Gasteiger partial charge on any atom is 0.0979 e. The number of hydrogen-bond donors (Lipinski definition) is 1. The lowest BCUT2D eigenvalue weighted by atomic mass is 10.2. The van der Waals surface area contributed by atoms with Gasteiger partial charge in [-0.15, -0.1) is 0 Å². The van der Waals surface area contributed by atoms with Crippen LogP contribution >= 0.6 is 0 Å². The van der Waals surface area contributed by atoms with Crippen molar-refractivity contribution in [2.24, 2.45) is 7.05 Å². The summed E-state index contributed by atoms with van der Waals surface area (Å²) in [6.07, 6.45) is 5.77. The van der Waals surface area contributed by atoms with Crippen molar-refractivity contribution in [2.45, 2.75) is 25.8 Å². The maximum atomic E-state index is 4.21. The molecule has 1 N–H and O–H groups in total. The van der Waals surface area contributed by atoms with Crippen LogP contribution in [0.15, 0.2) is 6.20 Å². The first-order valence-electron chi connectivity index (χ1n) is 5.18. The monoisotopic (exact) mass is 195 g/mol. The second-order valence-corrected chi connectivity index (χ2v) is 3.71. The van der Waals surface area contributed by atoms with Gasteiger partial charge in [0.05, 0.1) is 18.4 Å². The minimum Gasteiger partial charge on any atom is -0.249 e. The van der Waals surface area contributed by atoms with E-state index in [1.165, 1.54) is 19.3 Å².